The Morgan fingerprint density at radius 1 is 1.14 bits per heavy atom. The van der Waals surface area contributed by atoms with Crippen molar-refractivity contribution in [2.24, 2.45) is 5.16 Å². The molecule has 1 unspecified atom stereocenters. The summed E-state index contributed by atoms with van der Waals surface area (Å²) < 4.78 is 0. The molecule has 0 bridgehead atoms. The largest absolute Gasteiger partial charge is 0.508 e. The molecule has 6 heteroatoms. The molecular weight excluding hydrogens is 268 g/mol. The Labute approximate surface area is 122 Å². The number of phenolic OH excluding ortho intramolecular Hbond substituents is 1. The number of aromatic nitrogens is 1. The highest BCUT2D eigenvalue weighted by Gasteiger charge is 2.25. The summed E-state index contributed by atoms with van der Waals surface area (Å²) in [4.78, 5) is 9.48. The summed E-state index contributed by atoms with van der Waals surface area (Å²) in [5.74, 6) is 1.02. The Hall–Kier alpha value is -2.76. The van der Waals surface area contributed by atoms with Crippen LogP contribution in [0.5, 0.6) is 5.75 Å². The molecule has 3 rings (SSSR count). The van der Waals surface area contributed by atoms with Crippen molar-refractivity contribution >= 4 is 17.3 Å². The van der Waals surface area contributed by atoms with E-state index in [4.69, 9.17) is 16.3 Å². The van der Waals surface area contributed by atoms with Gasteiger partial charge in [0, 0.05) is 18.4 Å². The average molecular weight is 284 g/mol. The van der Waals surface area contributed by atoms with Gasteiger partial charge in [0.25, 0.3) is 0 Å². The first-order valence-electron chi connectivity index (χ1n) is 6.63. The van der Waals surface area contributed by atoms with Crippen LogP contribution in [0.3, 0.4) is 0 Å². The van der Waals surface area contributed by atoms with Crippen LogP contribution in [0.1, 0.15) is 23.7 Å². The maximum absolute atomic E-state index is 9.28. The maximum atomic E-state index is 9.28. The van der Waals surface area contributed by atoms with E-state index in [1.54, 1.807) is 18.2 Å². The molecule has 108 valence electrons. The lowest BCUT2D eigenvalue weighted by Gasteiger charge is -2.10. The van der Waals surface area contributed by atoms with Crippen LogP contribution in [0.25, 0.3) is 0 Å². The van der Waals surface area contributed by atoms with E-state index < -0.39 is 0 Å². The molecule has 2 heterocycles. The molecular formula is C15H16N4O2. The smallest absolute Gasteiger partial charge is 0.161 e. The first-order valence-corrected chi connectivity index (χ1v) is 6.63. The number of rotatable bonds is 3. The van der Waals surface area contributed by atoms with Crippen molar-refractivity contribution in [1.82, 2.24) is 4.98 Å². The molecule has 0 spiro atoms. The summed E-state index contributed by atoms with van der Waals surface area (Å²) in [6.07, 6.45) is 1.13. The minimum Gasteiger partial charge on any atom is -0.508 e. The second kappa shape index (κ2) is 5.32. The van der Waals surface area contributed by atoms with Crippen LogP contribution in [0.2, 0.25) is 0 Å². The van der Waals surface area contributed by atoms with Crippen molar-refractivity contribution in [2.45, 2.75) is 18.9 Å². The lowest BCUT2D eigenvalue weighted by molar-refractivity contribution is 0.0860. The van der Waals surface area contributed by atoms with Crippen molar-refractivity contribution in [3.8, 4) is 5.75 Å². The number of pyridine rings is 1. The number of aromatic hydroxyl groups is 1. The Balaban J connectivity index is 1.68. The zero-order valence-corrected chi connectivity index (χ0v) is 11.4. The molecule has 1 aromatic heterocycles. The number of hydrogen-bond acceptors (Lipinski definition) is 6. The van der Waals surface area contributed by atoms with Gasteiger partial charge in [0.2, 0.25) is 0 Å². The van der Waals surface area contributed by atoms with Crippen LogP contribution in [0.15, 0.2) is 41.6 Å². The SMILES string of the molecule is Nc1ccc(C2CC(Cc3ccc(O)cc3)=NO2)c(N)n1. The molecule has 2 aromatic rings. The van der Waals surface area contributed by atoms with E-state index in [1.807, 2.05) is 18.2 Å². The number of benzene rings is 1. The molecule has 21 heavy (non-hydrogen) atoms. The van der Waals surface area contributed by atoms with Crippen molar-refractivity contribution in [3.63, 3.8) is 0 Å². The number of nitrogen functional groups attached to an aromatic ring is 2. The lowest BCUT2D eigenvalue weighted by atomic mass is 10.0. The van der Waals surface area contributed by atoms with E-state index in [1.165, 1.54) is 0 Å². The van der Waals surface area contributed by atoms with Gasteiger partial charge >= 0.3 is 0 Å². The van der Waals surface area contributed by atoms with E-state index in [-0.39, 0.29) is 11.9 Å². The van der Waals surface area contributed by atoms with Crippen LogP contribution in [-0.2, 0) is 11.3 Å². The first kappa shape index (κ1) is 13.2. The van der Waals surface area contributed by atoms with Gasteiger partial charge in [-0.1, -0.05) is 17.3 Å². The zero-order valence-electron chi connectivity index (χ0n) is 11.4. The molecule has 0 amide bonds. The fourth-order valence-electron chi connectivity index (χ4n) is 2.32. The molecule has 1 aliphatic rings. The van der Waals surface area contributed by atoms with Gasteiger partial charge in [-0.05, 0) is 29.8 Å². The minimum atomic E-state index is -0.217. The molecule has 0 saturated carbocycles. The van der Waals surface area contributed by atoms with Crippen LogP contribution >= 0.6 is 0 Å². The molecule has 1 aliphatic heterocycles. The molecule has 0 aliphatic carbocycles. The van der Waals surface area contributed by atoms with Gasteiger partial charge in [0.15, 0.2) is 6.10 Å². The number of oxime groups is 1. The topological polar surface area (TPSA) is 107 Å². The van der Waals surface area contributed by atoms with Gasteiger partial charge in [0.1, 0.15) is 17.4 Å². The molecule has 1 aromatic carbocycles. The average Bonchev–Trinajstić information content (AvgIpc) is 2.90. The second-order valence-electron chi connectivity index (χ2n) is 5.01. The number of nitrogens with two attached hydrogens (primary N) is 2. The van der Waals surface area contributed by atoms with Crippen LogP contribution in [-0.4, -0.2) is 15.8 Å². The molecule has 1 atom stereocenters. The Bertz CT molecular complexity index is 683. The lowest BCUT2D eigenvalue weighted by Crippen LogP contribution is -2.07. The zero-order chi connectivity index (χ0) is 14.8. The molecule has 0 saturated heterocycles. The second-order valence-corrected chi connectivity index (χ2v) is 5.01. The van der Waals surface area contributed by atoms with E-state index in [2.05, 4.69) is 10.1 Å². The van der Waals surface area contributed by atoms with Gasteiger partial charge in [-0.15, -0.1) is 0 Å². The summed E-state index contributed by atoms with van der Waals surface area (Å²) in [6, 6.07) is 10.6. The van der Waals surface area contributed by atoms with Crippen LogP contribution < -0.4 is 11.5 Å². The third-order valence-electron chi connectivity index (χ3n) is 3.40. The van der Waals surface area contributed by atoms with Gasteiger partial charge < -0.3 is 21.4 Å². The highest BCUT2D eigenvalue weighted by atomic mass is 16.6. The van der Waals surface area contributed by atoms with Crippen LogP contribution in [0, 0.1) is 0 Å². The number of anilines is 2. The fourth-order valence-corrected chi connectivity index (χ4v) is 2.32. The highest BCUT2D eigenvalue weighted by Crippen LogP contribution is 2.31. The van der Waals surface area contributed by atoms with Crippen molar-refractivity contribution in [1.29, 1.82) is 0 Å². The normalized spacial score (nSPS) is 17.3. The summed E-state index contributed by atoms with van der Waals surface area (Å²) >= 11 is 0. The predicted molar refractivity (Wildman–Crippen MR) is 80.8 cm³/mol. The third kappa shape index (κ3) is 2.89. The number of hydrogen-bond donors (Lipinski definition) is 3. The van der Waals surface area contributed by atoms with Gasteiger partial charge in [-0.2, -0.15) is 0 Å². The molecule has 0 fully saturated rings. The monoisotopic (exact) mass is 284 g/mol. The van der Waals surface area contributed by atoms with Crippen molar-refractivity contribution in [2.75, 3.05) is 11.5 Å². The number of phenols is 1. The Kier molecular flexibility index (Phi) is 3.35. The van der Waals surface area contributed by atoms with Gasteiger partial charge in [-0.3, -0.25) is 0 Å². The van der Waals surface area contributed by atoms with Crippen molar-refractivity contribution in [3.05, 3.63) is 47.5 Å². The number of nitrogens with zero attached hydrogens (tertiary/aromatic N) is 2. The minimum absolute atomic E-state index is 0.217. The van der Waals surface area contributed by atoms with Crippen LogP contribution in [0.4, 0.5) is 11.6 Å². The molecule has 6 nitrogen and oxygen atoms in total. The summed E-state index contributed by atoms with van der Waals surface area (Å²) in [7, 11) is 0. The summed E-state index contributed by atoms with van der Waals surface area (Å²) in [5, 5.41) is 13.4. The quantitative estimate of drug-likeness (QED) is 0.799. The predicted octanol–water partition coefficient (Wildman–Crippen LogP) is 2.01. The fraction of sp³-hybridized carbons (Fsp3) is 0.200. The van der Waals surface area contributed by atoms with E-state index >= 15 is 0 Å². The molecule has 0 radical (unpaired) electrons. The maximum Gasteiger partial charge on any atom is 0.161 e. The van der Waals surface area contributed by atoms with Gasteiger partial charge in [-0.25, -0.2) is 4.98 Å². The highest BCUT2D eigenvalue weighted by molar-refractivity contribution is 5.87. The Morgan fingerprint density at radius 2 is 1.90 bits per heavy atom. The summed E-state index contributed by atoms with van der Waals surface area (Å²) in [5.41, 5.74) is 14.3. The van der Waals surface area contributed by atoms with E-state index in [0.29, 0.717) is 24.5 Å². The first-order chi connectivity index (χ1) is 10.1. The van der Waals surface area contributed by atoms with E-state index in [0.717, 1.165) is 16.8 Å². The Morgan fingerprint density at radius 3 is 2.62 bits per heavy atom. The summed E-state index contributed by atoms with van der Waals surface area (Å²) in [6.45, 7) is 0. The molecule has 5 N–H and O–H groups in total. The third-order valence-corrected chi connectivity index (χ3v) is 3.40. The van der Waals surface area contributed by atoms with E-state index in [9.17, 15) is 5.11 Å². The van der Waals surface area contributed by atoms with Gasteiger partial charge in [0.05, 0.1) is 5.71 Å². The standard InChI is InChI=1S/C15H16N4O2/c16-14-6-5-12(15(17)18-14)13-8-10(19-21-13)7-9-1-3-11(20)4-2-9/h1-6,13,20H,7-8H2,(H4,16,17,18). The van der Waals surface area contributed by atoms with Crippen molar-refractivity contribution < 1.29 is 9.94 Å².